The van der Waals surface area contributed by atoms with Crippen LogP contribution in [0.2, 0.25) is 0 Å². The molecular formula is C11H15N3O4. The van der Waals surface area contributed by atoms with Crippen LogP contribution >= 0.6 is 0 Å². The quantitative estimate of drug-likeness (QED) is 0.385. The van der Waals surface area contributed by atoms with E-state index in [9.17, 15) is 14.4 Å². The van der Waals surface area contributed by atoms with Crippen LogP contribution < -0.4 is 5.32 Å². The molecule has 2 N–H and O–H groups in total. The maximum atomic E-state index is 12.0. The van der Waals surface area contributed by atoms with Gasteiger partial charge in [-0.3, -0.25) is 24.8 Å². The normalized spacial score (nSPS) is 21.0. The lowest BCUT2D eigenvalue weighted by Crippen LogP contribution is -2.59. The molecule has 98 valence electrons. The van der Waals surface area contributed by atoms with E-state index in [0.717, 1.165) is 4.90 Å². The van der Waals surface area contributed by atoms with Gasteiger partial charge >= 0.3 is 6.03 Å². The highest BCUT2D eigenvalue weighted by Crippen LogP contribution is 2.12. The molecule has 0 saturated carbocycles. The topological polar surface area (TPSA) is 99.1 Å². The maximum absolute atomic E-state index is 12.0. The van der Waals surface area contributed by atoms with Crippen LogP contribution in [0.25, 0.3) is 0 Å². The van der Waals surface area contributed by atoms with Gasteiger partial charge in [0.1, 0.15) is 0 Å². The van der Waals surface area contributed by atoms with Crippen LogP contribution in [-0.2, 0) is 9.59 Å². The van der Waals surface area contributed by atoms with Crippen LogP contribution in [0.3, 0.4) is 0 Å². The predicted octanol–water partition coefficient (Wildman–Crippen LogP) is -0.680. The van der Waals surface area contributed by atoms with Crippen molar-refractivity contribution in [3.63, 3.8) is 0 Å². The Bertz CT molecular complexity index is 417. The third kappa shape index (κ3) is 2.80. The lowest BCUT2D eigenvalue weighted by molar-refractivity contribution is -0.139. The summed E-state index contributed by atoms with van der Waals surface area (Å²) in [7, 11) is 0. The van der Waals surface area contributed by atoms with E-state index in [4.69, 9.17) is 5.11 Å². The number of amides is 4. The van der Waals surface area contributed by atoms with Gasteiger partial charge < -0.3 is 5.11 Å². The molecule has 0 radical (unpaired) electrons. The molecule has 1 rings (SSSR count). The van der Waals surface area contributed by atoms with Gasteiger partial charge in [-0.05, 0) is 6.92 Å². The second-order valence-corrected chi connectivity index (χ2v) is 3.71. The first-order valence-electron chi connectivity index (χ1n) is 5.41. The average Bonchev–Trinajstić information content (AvgIpc) is 2.31. The van der Waals surface area contributed by atoms with Crippen molar-refractivity contribution in [1.29, 1.82) is 0 Å². The van der Waals surface area contributed by atoms with Gasteiger partial charge in [0, 0.05) is 12.3 Å². The number of aliphatic imine (C=N–C) groups is 1. The fraction of sp³-hybridized carbons (Fsp3) is 0.455. The van der Waals surface area contributed by atoms with Crippen molar-refractivity contribution in [1.82, 2.24) is 10.2 Å². The zero-order chi connectivity index (χ0) is 13.7. The van der Waals surface area contributed by atoms with Crippen LogP contribution in [0, 0.1) is 5.92 Å². The van der Waals surface area contributed by atoms with Crippen LogP contribution in [0.1, 0.15) is 6.92 Å². The summed E-state index contributed by atoms with van der Waals surface area (Å²) in [5.74, 6) is -2.43. The van der Waals surface area contributed by atoms with Crippen LogP contribution in [0.5, 0.6) is 0 Å². The van der Waals surface area contributed by atoms with Crippen molar-refractivity contribution in [2.75, 3.05) is 19.7 Å². The number of imide groups is 2. The molecule has 1 atom stereocenters. The summed E-state index contributed by atoms with van der Waals surface area (Å²) in [6, 6.07) is -0.754. The Morgan fingerprint density at radius 1 is 1.56 bits per heavy atom. The molecule has 1 unspecified atom stereocenters. The summed E-state index contributed by atoms with van der Waals surface area (Å²) in [5, 5.41) is 10.7. The number of hydrogen-bond donors (Lipinski definition) is 2. The molecule has 1 fully saturated rings. The smallest absolute Gasteiger partial charge is 0.331 e. The van der Waals surface area contributed by atoms with E-state index in [0.29, 0.717) is 0 Å². The second kappa shape index (κ2) is 6.06. The van der Waals surface area contributed by atoms with E-state index in [1.165, 1.54) is 13.0 Å². The van der Waals surface area contributed by atoms with Crippen molar-refractivity contribution in [3.8, 4) is 0 Å². The van der Waals surface area contributed by atoms with Crippen molar-refractivity contribution in [2.45, 2.75) is 6.92 Å². The highest BCUT2D eigenvalue weighted by atomic mass is 16.3. The minimum Gasteiger partial charge on any atom is -0.394 e. The SMILES string of the molecule is C=CCN1C(=O)NC(=O)C(C(C)=NCCO)C1=O. The number of nitrogens with one attached hydrogen (secondary N) is 1. The molecule has 1 aliphatic rings. The minimum absolute atomic E-state index is 0.0295. The Morgan fingerprint density at radius 3 is 2.78 bits per heavy atom. The van der Waals surface area contributed by atoms with Gasteiger partial charge in [-0.1, -0.05) is 6.08 Å². The fourth-order valence-corrected chi connectivity index (χ4v) is 1.60. The molecule has 1 aliphatic heterocycles. The third-order valence-corrected chi connectivity index (χ3v) is 2.44. The first-order valence-corrected chi connectivity index (χ1v) is 5.41. The molecule has 0 aliphatic carbocycles. The number of urea groups is 1. The number of barbiturate groups is 1. The van der Waals surface area contributed by atoms with Gasteiger partial charge in [-0.25, -0.2) is 4.79 Å². The van der Waals surface area contributed by atoms with E-state index in [-0.39, 0.29) is 25.4 Å². The zero-order valence-corrected chi connectivity index (χ0v) is 10.0. The largest absolute Gasteiger partial charge is 0.394 e. The van der Waals surface area contributed by atoms with Crippen LogP contribution in [0.15, 0.2) is 17.6 Å². The van der Waals surface area contributed by atoms with Crippen LogP contribution in [0.4, 0.5) is 4.79 Å². The highest BCUT2D eigenvalue weighted by molar-refractivity contribution is 6.27. The zero-order valence-electron chi connectivity index (χ0n) is 10.0. The summed E-state index contributed by atoms with van der Waals surface area (Å²) in [6.07, 6.45) is 1.39. The number of hydrogen-bond acceptors (Lipinski definition) is 5. The molecule has 0 aromatic carbocycles. The summed E-state index contributed by atoms with van der Waals surface area (Å²) in [4.78, 5) is 39.9. The molecular weight excluding hydrogens is 238 g/mol. The Hall–Kier alpha value is -2.02. The van der Waals surface area contributed by atoms with Gasteiger partial charge in [-0.2, -0.15) is 0 Å². The Balaban J connectivity index is 2.96. The van der Waals surface area contributed by atoms with E-state index in [1.807, 2.05) is 0 Å². The monoisotopic (exact) mass is 253 g/mol. The number of aliphatic hydroxyl groups is 1. The van der Waals surface area contributed by atoms with Gasteiger partial charge in [0.05, 0.1) is 13.2 Å². The summed E-state index contributed by atoms with van der Waals surface area (Å²) in [6.45, 7) is 4.92. The maximum Gasteiger partial charge on any atom is 0.331 e. The third-order valence-electron chi connectivity index (χ3n) is 2.44. The van der Waals surface area contributed by atoms with Gasteiger partial charge in [0.2, 0.25) is 11.8 Å². The number of rotatable bonds is 5. The minimum atomic E-state index is -1.12. The van der Waals surface area contributed by atoms with Gasteiger partial charge in [0.25, 0.3) is 0 Å². The van der Waals surface area contributed by atoms with Crippen molar-refractivity contribution in [2.24, 2.45) is 10.9 Å². The molecule has 0 bridgehead atoms. The first-order chi connectivity index (χ1) is 8.52. The molecule has 18 heavy (non-hydrogen) atoms. The number of aliphatic hydroxyl groups excluding tert-OH is 1. The van der Waals surface area contributed by atoms with E-state index in [1.54, 1.807) is 0 Å². The fourth-order valence-electron chi connectivity index (χ4n) is 1.60. The summed E-state index contributed by atoms with van der Waals surface area (Å²) >= 11 is 0. The first kappa shape index (κ1) is 14.0. The highest BCUT2D eigenvalue weighted by Gasteiger charge is 2.41. The van der Waals surface area contributed by atoms with Gasteiger partial charge in [0.15, 0.2) is 5.92 Å². The predicted molar refractivity (Wildman–Crippen MR) is 64.0 cm³/mol. The molecule has 0 spiro atoms. The number of carbonyl (C=O) groups is 3. The number of carbonyl (C=O) groups excluding carboxylic acids is 3. The van der Waals surface area contributed by atoms with Crippen LogP contribution in [-0.4, -0.2) is 53.3 Å². The lowest BCUT2D eigenvalue weighted by Gasteiger charge is -2.29. The van der Waals surface area contributed by atoms with Crippen molar-refractivity contribution >= 4 is 23.6 Å². The summed E-state index contributed by atoms with van der Waals surface area (Å²) < 4.78 is 0. The molecule has 1 heterocycles. The summed E-state index contributed by atoms with van der Waals surface area (Å²) in [5.41, 5.74) is 0.271. The van der Waals surface area contributed by atoms with Gasteiger partial charge in [-0.15, -0.1) is 6.58 Å². The molecule has 0 aromatic heterocycles. The van der Waals surface area contributed by atoms with E-state index in [2.05, 4.69) is 16.9 Å². The second-order valence-electron chi connectivity index (χ2n) is 3.71. The molecule has 0 aromatic rings. The Morgan fingerprint density at radius 2 is 2.22 bits per heavy atom. The average molecular weight is 253 g/mol. The Kier molecular flexibility index (Phi) is 4.73. The van der Waals surface area contributed by atoms with E-state index < -0.39 is 23.8 Å². The molecule has 7 nitrogen and oxygen atoms in total. The Labute approximate surface area is 104 Å². The molecule has 7 heteroatoms. The molecule has 4 amide bonds. The van der Waals surface area contributed by atoms with E-state index >= 15 is 0 Å². The molecule has 1 saturated heterocycles. The lowest BCUT2D eigenvalue weighted by atomic mass is 9.99. The van der Waals surface area contributed by atoms with Crippen molar-refractivity contribution < 1.29 is 19.5 Å². The standard InChI is InChI=1S/C11H15N3O4/c1-3-5-14-10(17)8(7(2)12-4-6-15)9(16)13-11(14)18/h3,8,15H,1,4-6H2,2H3,(H,13,16,18). The number of nitrogens with zero attached hydrogens (tertiary/aromatic N) is 2. The van der Waals surface area contributed by atoms with Crippen molar-refractivity contribution in [3.05, 3.63) is 12.7 Å².